The van der Waals surface area contributed by atoms with Gasteiger partial charge in [0.15, 0.2) is 11.6 Å². The molecule has 1 amide bonds. The smallest absolute Gasteiger partial charge is 0.239 e. The quantitative estimate of drug-likeness (QED) is 0.476. The van der Waals surface area contributed by atoms with Crippen molar-refractivity contribution in [2.45, 2.75) is 13.8 Å². The lowest BCUT2D eigenvalue weighted by molar-refractivity contribution is -0.119. The van der Waals surface area contributed by atoms with E-state index in [1.165, 1.54) is 13.4 Å². The van der Waals surface area contributed by atoms with E-state index in [0.29, 0.717) is 29.8 Å². The minimum Gasteiger partial charge on any atom is -0.490 e. The first-order valence-corrected chi connectivity index (χ1v) is 6.33. The first kappa shape index (κ1) is 16.0. The van der Waals surface area contributed by atoms with E-state index >= 15 is 0 Å². The van der Waals surface area contributed by atoms with Crippen molar-refractivity contribution in [2.75, 3.05) is 37.6 Å². The van der Waals surface area contributed by atoms with Crippen LogP contribution < -0.4 is 26.2 Å². The Labute approximate surface area is 118 Å². The maximum atomic E-state index is 11.8. The molecule has 1 aromatic rings. The number of aromatic nitrogens is 2. The highest BCUT2D eigenvalue weighted by molar-refractivity contribution is 5.81. The molecule has 0 radical (unpaired) electrons. The molecule has 1 aromatic heterocycles. The molecule has 0 saturated carbocycles. The Morgan fingerprint density at radius 2 is 2.20 bits per heavy atom. The van der Waals surface area contributed by atoms with Gasteiger partial charge in [-0.25, -0.2) is 15.8 Å². The van der Waals surface area contributed by atoms with Crippen LogP contribution in [0.4, 0.5) is 11.6 Å². The van der Waals surface area contributed by atoms with Gasteiger partial charge in [0.05, 0.1) is 13.7 Å². The summed E-state index contributed by atoms with van der Waals surface area (Å²) in [5, 5.41) is 2.84. The van der Waals surface area contributed by atoms with Gasteiger partial charge in [0.1, 0.15) is 6.33 Å². The van der Waals surface area contributed by atoms with Crippen molar-refractivity contribution in [2.24, 2.45) is 11.8 Å². The van der Waals surface area contributed by atoms with Gasteiger partial charge in [-0.15, -0.1) is 0 Å². The second-order valence-corrected chi connectivity index (χ2v) is 4.78. The van der Waals surface area contributed by atoms with E-state index in [2.05, 4.69) is 20.7 Å². The predicted molar refractivity (Wildman–Crippen MR) is 77.5 cm³/mol. The highest BCUT2D eigenvalue weighted by atomic mass is 16.5. The number of carbonyl (C=O) groups is 1. The Balaban J connectivity index is 2.77. The fourth-order valence-corrected chi connectivity index (χ4v) is 1.59. The molecule has 8 nitrogen and oxygen atoms in total. The molecular formula is C12H22N6O2. The summed E-state index contributed by atoms with van der Waals surface area (Å²) in [7, 11) is 3.25. The highest BCUT2D eigenvalue weighted by Gasteiger charge is 2.17. The molecule has 112 valence electrons. The number of nitrogens with zero attached hydrogens (tertiary/aromatic N) is 3. The molecule has 20 heavy (non-hydrogen) atoms. The lowest BCUT2D eigenvalue weighted by atomic mass is 10.2. The molecule has 1 rings (SSSR count). The van der Waals surface area contributed by atoms with Gasteiger partial charge in [-0.2, -0.15) is 0 Å². The summed E-state index contributed by atoms with van der Waals surface area (Å²) in [6, 6.07) is 0. The molecule has 0 aliphatic rings. The summed E-state index contributed by atoms with van der Waals surface area (Å²) in [6.07, 6.45) is 1.36. The summed E-state index contributed by atoms with van der Waals surface area (Å²) in [5.74, 6) is 6.95. The third-order valence-electron chi connectivity index (χ3n) is 2.58. The number of hydrogen-bond donors (Lipinski definition) is 3. The first-order valence-electron chi connectivity index (χ1n) is 6.33. The van der Waals surface area contributed by atoms with Gasteiger partial charge in [-0.1, -0.05) is 13.8 Å². The summed E-state index contributed by atoms with van der Waals surface area (Å²) in [5.41, 5.74) is 2.43. The van der Waals surface area contributed by atoms with Crippen LogP contribution >= 0.6 is 0 Å². The molecule has 1 heterocycles. The van der Waals surface area contributed by atoms with E-state index in [1.807, 2.05) is 13.8 Å². The fourth-order valence-electron chi connectivity index (χ4n) is 1.59. The van der Waals surface area contributed by atoms with Crippen LogP contribution in [0.15, 0.2) is 6.33 Å². The van der Waals surface area contributed by atoms with E-state index < -0.39 is 0 Å². The molecule has 0 atom stereocenters. The van der Waals surface area contributed by atoms with Crippen molar-refractivity contribution in [3.05, 3.63) is 6.33 Å². The number of rotatable bonds is 7. The van der Waals surface area contributed by atoms with Crippen molar-refractivity contribution in [1.82, 2.24) is 15.3 Å². The zero-order chi connectivity index (χ0) is 15.1. The molecule has 0 aromatic carbocycles. The Morgan fingerprint density at radius 3 is 2.75 bits per heavy atom. The van der Waals surface area contributed by atoms with Gasteiger partial charge in [0.2, 0.25) is 11.7 Å². The van der Waals surface area contributed by atoms with Crippen LogP contribution in [0.2, 0.25) is 0 Å². The van der Waals surface area contributed by atoms with Crippen molar-refractivity contribution in [3.63, 3.8) is 0 Å². The number of anilines is 2. The lowest BCUT2D eigenvalue weighted by Gasteiger charge is -2.21. The molecule has 8 heteroatoms. The standard InChI is InChI=1S/C12H22N6O2/c1-8(2)5-14-9(19)6-18(3)12-10(20-4)11(17-13)15-7-16-12/h7-8H,5-6,13H2,1-4H3,(H,14,19)(H,15,16,17). The fraction of sp³-hybridized carbons (Fsp3) is 0.583. The molecule has 0 saturated heterocycles. The van der Waals surface area contributed by atoms with Crippen LogP contribution in [-0.2, 0) is 4.79 Å². The number of amides is 1. The average molecular weight is 282 g/mol. The maximum Gasteiger partial charge on any atom is 0.239 e. The molecule has 0 aliphatic carbocycles. The Bertz CT molecular complexity index is 452. The predicted octanol–water partition coefficient (Wildman–Crippen LogP) is -0.0208. The van der Waals surface area contributed by atoms with Crippen LogP contribution in [0.1, 0.15) is 13.8 Å². The van der Waals surface area contributed by atoms with Gasteiger partial charge >= 0.3 is 0 Å². The Kier molecular flexibility index (Phi) is 5.98. The zero-order valence-electron chi connectivity index (χ0n) is 12.3. The zero-order valence-corrected chi connectivity index (χ0v) is 12.3. The molecule has 0 aliphatic heterocycles. The van der Waals surface area contributed by atoms with Crippen LogP contribution in [-0.4, -0.2) is 43.1 Å². The second kappa shape index (κ2) is 7.49. The average Bonchev–Trinajstić information content (AvgIpc) is 2.43. The van der Waals surface area contributed by atoms with Crippen molar-refractivity contribution in [3.8, 4) is 5.75 Å². The number of nitrogen functional groups attached to an aromatic ring is 1. The van der Waals surface area contributed by atoms with Crippen LogP contribution in [0, 0.1) is 5.92 Å². The Morgan fingerprint density at radius 1 is 1.50 bits per heavy atom. The molecule has 0 fully saturated rings. The SMILES string of the molecule is COc1c(NN)ncnc1N(C)CC(=O)NCC(C)C. The number of nitrogens with two attached hydrogens (primary N) is 1. The summed E-state index contributed by atoms with van der Waals surface area (Å²) in [6.45, 7) is 4.89. The summed E-state index contributed by atoms with van der Waals surface area (Å²) >= 11 is 0. The number of hydrazine groups is 1. The second-order valence-electron chi connectivity index (χ2n) is 4.78. The monoisotopic (exact) mass is 282 g/mol. The number of carbonyl (C=O) groups excluding carboxylic acids is 1. The normalized spacial score (nSPS) is 10.3. The number of ether oxygens (including phenoxy) is 1. The van der Waals surface area contributed by atoms with Gasteiger partial charge in [0, 0.05) is 13.6 Å². The van der Waals surface area contributed by atoms with Crippen molar-refractivity contribution < 1.29 is 9.53 Å². The number of hydrogen-bond acceptors (Lipinski definition) is 7. The van der Waals surface area contributed by atoms with Crippen LogP contribution in [0.5, 0.6) is 5.75 Å². The maximum absolute atomic E-state index is 11.8. The number of likely N-dealkylation sites (N-methyl/N-ethyl adjacent to an activating group) is 1. The first-order chi connectivity index (χ1) is 9.49. The van der Waals surface area contributed by atoms with E-state index in [9.17, 15) is 4.79 Å². The van der Waals surface area contributed by atoms with E-state index in [4.69, 9.17) is 10.6 Å². The van der Waals surface area contributed by atoms with E-state index in [0.717, 1.165) is 0 Å². The molecule has 0 bridgehead atoms. The topological polar surface area (TPSA) is 105 Å². The Hall–Kier alpha value is -2.09. The van der Waals surface area contributed by atoms with Crippen LogP contribution in [0.3, 0.4) is 0 Å². The minimum atomic E-state index is -0.0795. The van der Waals surface area contributed by atoms with Gasteiger partial charge in [0.25, 0.3) is 0 Å². The lowest BCUT2D eigenvalue weighted by Crippen LogP contribution is -2.37. The van der Waals surface area contributed by atoms with Crippen LogP contribution in [0.25, 0.3) is 0 Å². The highest BCUT2D eigenvalue weighted by Crippen LogP contribution is 2.30. The van der Waals surface area contributed by atoms with E-state index in [1.54, 1.807) is 11.9 Å². The minimum absolute atomic E-state index is 0.0795. The number of methoxy groups -OCH3 is 1. The van der Waals surface area contributed by atoms with Gasteiger partial charge < -0.3 is 20.4 Å². The molecule has 0 spiro atoms. The third kappa shape index (κ3) is 4.23. The summed E-state index contributed by atoms with van der Waals surface area (Å²) in [4.78, 5) is 21.6. The molecule has 4 N–H and O–H groups in total. The summed E-state index contributed by atoms with van der Waals surface area (Å²) < 4.78 is 5.23. The molecular weight excluding hydrogens is 260 g/mol. The van der Waals surface area contributed by atoms with Crippen molar-refractivity contribution >= 4 is 17.5 Å². The van der Waals surface area contributed by atoms with E-state index in [-0.39, 0.29) is 12.5 Å². The van der Waals surface area contributed by atoms with Gasteiger partial charge in [-0.05, 0) is 5.92 Å². The van der Waals surface area contributed by atoms with Crippen molar-refractivity contribution in [1.29, 1.82) is 0 Å². The van der Waals surface area contributed by atoms with Gasteiger partial charge in [-0.3, -0.25) is 4.79 Å². The molecule has 0 unspecified atom stereocenters. The largest absolute Gasteiger partial charge is 0.490 e. The third-order valence-corrected chi connectivity index (χ3v) is 2.58. The number of nitrogens with one attached hydrogen (secondary N) is 2.